The number of hydrogen-bond acceptors (Lipinski definition) is 4. The van der Waals surface area contributed by atoms with E-state index in [4.69, 9.17) is 18.9 Å². The van der Waals surface area contributed by atoms with Gasteiger partial charge in [-0.05, 0) is 109 Å². The first kappa shape index (κ1) is 35.3. The quantitative estimate of drug-likeness (QED) is 0.167. The second kappa shape index (κ2) is 13.6. The number of methoxy groups -OCH3 is 4. The lowest BCUT2D eigenvalue weighted by atomic mass is 9.64. The maximum absolute atomic E-state index is 6.55. The maximum atomic E-state index is 6.55. The van der Waals surface area contributed by atoms with Crippen molar-refractivity contribution in [3.8, 4) is 33.8 Å². The number of benzene rings is 4. The zero-order chi connectivity index (χ0) is 34.1. The minimum absolute atomic E-state index is 0.270. The summed E-state index contributed by atoms with van der Waals surface area (Å²) in [7, 11) is 7.12. The minimum Gasteiger partial charge on any atom is -0.496 e. The smallest absolute Gasteiger partial charge is 0.126 e. The van der Waals surface area contributed by atoms with Crippen molar-refractivity contribution >= 4 is 0 Å². The van der Waals surface area contributed by atoms with Gasteiger partial charge in [0.1, 0.15) is 11.5 Å². The molecular formula is C42H54O4. The molecule has 0 radical (unpaired) electrons. The molecule has 4 heteroatoms. The van der Waals surface area contributed by atoms with Gasteiger partial charge in [-0.3, -0.25) is 0 Å². The van der Waals surface area contributed by atoms with Gasteiger partial charge < -0.3 is 18.9 Å². The molecule has 0 unspecified atom stereocenters. The normalized spacial score (nSPS) is 13.4. The Hall–Kier alpha value is -3.60. The molecule has 246 valence electrons. The average Bonchev–Trinajstić information content (AvgIpc) is 2.99. The predicted octanol–water partition coefficient (Wildman–Crippen LogP) is 10.2. The second-order valence-corrected chi connectivity index (χ2v) is 13.9. The van der Waals surface area contributed by atoms with Crippen LogP contribution in [0.4, 0.5) is 0 Å². The zero-order valence-corrected chi connectivity index (χ0v) is 30.6. The van der Waals surface area contributed by atoms with Gasteiger partial charge in [-0.1, -0.05) is 76.2 Å². The molecule has 0 spiro atoms. The van der Waals surface area contributed by atoms with E-state index in [1.54, 1.807) is 14.2 Å². The molecular weight excluding hydrogens is 568 g/mol. The molecule has 0 saturated carbocycles. The van der Waals surface area contributed by atoms with E-state index in [1.165, 1.54) is 55.6 Å². The molecule has 0 aliphatic heterocycles. The van der Waals surface area contributed by atoms with E-state index < -0.39 is 10.8 Å². The number of para-hydroxylation sites is 2. The van der Waals surface area contributed by atoms with Crippen molar-refractivity contribution in [3.63, 3.8) is 0 Å². The Morgan fingerprint density at radius 3 is 1.11 bits per heavy atom. The molecule has 4 aromatic rings. The molecule has 4 rings (SSSR count). The molecule has 0 saturated heterocycles. The van der Waals surface area contributed by atoms with Crippen molar-refractivity contribution in [3.05, 3.63) is 105 Å². The van der Waals surface area contributed by atoms with Crippen molar-refractivity contribution in [2.24, 2.45) is 0 Å². The highest BCUT2D eigenvalue weighted by Crippen LogP contribution is 2.48. The number of hydrogen-bond donors (Lipinski definition) is 0. The molecule has 4 aromatic carbocycles. The van der Waals surface area contributed by atoms with E-state index in [-0.39, 0.29) is 12.2 Å². The van der Waals surface area contributed by atoms with Crippen molar-refractivity contribution in [1.82, 2.24) is 0 Å². The Balaban J connectivity index is 1.92. The highest BCUT2D eigenvalue weighted by molar-refractivity contribution is 5.79. The van der Waals surface area contributed by atoms with Crippen molar-refractivity contribution in [2.75, 3.05) is 28.4 Å². The van der Waals surface area contributed by atoms with Crippen LogP contribution < -0.4 is 9.47 Å². The van der Waals surface area contributed by atoms with Crippen LogP contribution in [0.1, 0.15) is 72.2 Å². The standard InChI is InChI=1S/C42H54O4/c1-25-23-27(3)37(29(5)35(25)31-19-15-17-21-33(31)43-11)41(7,8)39(45-13)40(46-14)42(9,10)38-28(4)24-26(2)36(30(38)6)32-20-16-18-22-34(32)44-12/h15-24,39-40H,1-14H3/t39-,40-/m0/s1. The van der Waals surface area contributed by atoms with Gasteiger partial charge in [0.25, 0.3) is 0 Å². The summed E-state index contributed by atoms with van der Waals surface area (Å²) < 4.78 is 24.7. The molecule has 0 heterocycles. The zero-order valence-electron chi connectivity index (χ0n) is 30.6. The van der Waals surface area contributed by atoms with E-state index in [0.717, 1.165) is 22.6 Å². The SMILES string of the molecule is COc1ccccc1-c1c(C)cc(C)c(C(C)(C)[C@@H](OC)[C@H](OC)C(C)(C)c2c(C)cc(C)c(-c3ccccc3OC)c2C)c1C. The lowest BCUT2D eigenvalue weighted by molar-refractivity contribution is -0.0975. The maximum Gasteiger partial charge on any atom is 0.126 e. The Kier molecular flexibility index (Phi) is 10.4. The molecule has 0 N–H and O–H groups in total. The van der Waals surface area contributed by atoms with Gasteiger partial charge in [-0.15, -0.1) is 0 Å². The first-order chi connectivity index (χ1) is 21.7. The molecule has 4 nitrogen and oxygen atoms in total. The van der Waals surface area contributed by atoms with Crippen LogP contribution in [0.5, 0.6) is 11.5 Å². The summed E-state index contributed by atoms with van der Waals surface area (Å²) in [5.74, 6) is 1.74. The lowest BCUT2D eigenvalue weighted by Gasteiger charge is -2.47. The fourth-order valence-corrected chi connectivity index (χ4v) is 8.76. The Labute approximate surface area is 278 Å². The summed E-state index contributed by atoms with van der Waals surface area (Å²) in [6.45, 7) is 22.5. The van der Waals surface area contributed by atoms with E-state index in [2.05, 4.69) is 106 Å². The van der Waals surface area contributed by atoms with Crippen LogP contribution in [0, 0.1) is 41.5 Å². The summed E-state index contributed by atoms with van der Waals surface area (Å²) >= 11 is 0. The molecule has 0 fully saturated rings. The van der Waals surface area contributed by atoms with Gasteiger partial charge in [0.15, 0.2) is 0 Å². The van der Waals surface area contributed by atoms with Gasteiger partial charge in [-0.2, -0.15) is 0 Å². The molecule has 0 amide bonds. The van der Waals surface area contributed by atoms with Crippen molar-refractivity contribution in [2.45, 2.75) is 92.3 Å². The molecule has 46 heavy (non-hydrogen) atoms. The molecule has 0 aromatic heterocycles. The van der Waals surface area contributed by atoms with Crippen LogP contribution in [0.3, 0.4) is 0 Å². The first-order valence-corrected chi connectivity index (χ1v) is 16.2. The molecule has 2 atom stereocenters. The van der Waals surface area contributed by atoms with Gasteiger partial charge >= 0.3 is 0 Å². The number of aryl methyl sites for hydroxylation is 4. The Morgan fingerprint density at radius 2 is 0.804 bits per heavy atom. The fourth-order valence-electron chi connectivity index (χ4n) is 8.76. The fraction of sp³-hybridized carbons (Fsp3) is 0.429. The highest BCUT2D eigenvalue weighted by Gasteiger charge is 2.48. The highest BCUT2D eigenvalue weighted by atomic mass is 16.5. The van der Waals surface area contributed by atoms with Crippen molar-refractivity contribution < 1.29 is 18.9 Å². The monoisotopic (exact) mass is 622 g/mol. The average molecular weight is 623 g/mol. The van der Waals surface area contributed by atoms with Crippen LogP contribution >= 0.6 is 0 Å². The molecule has 0 bridgehead atoms. The van der Waals surface area contributed by atoms with E-state index >= 15 is 0 Å². The summed E-state index contributed by atoms with van der Waals surface area (Å²) in [4.78, 5) is 0. The van der Waals surface area contributed by atoms with Gasteiger partial charge in [0, 0.05) is 36.2 Å². The number of ether oxygens (including phenoxy) is 4. The Morgan fingerprint density at radius 1 is 0.478 bits per heavy atom. The van der Waals surface area contributed by atoms with Gasteiger partial charge in [-0.25, -0.2) is 0 Å². The van der Waals surface area contributed by atoms with Crippen LogP contribution in [0.25, 0.3) is 22.3 Å². The third kappa shape index (κ3) is 5.98. The van der Waals surface area contributed by atoms with Crippen molar-refractivity contribution in [1.29, 1.82) is 0 Å². The first-order valence-electron chi connectivity index (χ1n) is 16.2. The lowest BCUT2D eigenvalue weighted by Crippen LogP contribution is -2.53. The third-order valence-corrected chi connectivity index (χ3v) is 10.2. The summed E-state index contributed by atoms with van der Waals surface area (Å²) in [5.41, 5.74) is 13.8. The van der Waals surface area contributed by atoms with Crippen LogP contribution in [0.2, 0.25) is 0 Å². The summed E-state index contributed by atoms with van der Waals surface area (Å²) in [5, 5.41) is 0. The third-order valence-electron chi connectivity index (χ3n) is 10.2. The second-order valence-electron chi connectivity index (χ2n) is 13.9. The van der Waals surface area contributed by atoms with E-state index in [0.29, 0.717) is 0 Å². The topological polar surface area (TPSA) is 36.9 Å². The largest absolute Gasteiger partial charge is 0.496 e. The summed E-state index contributed by atoms with van der Waals surface area (Å²) in [6.07, 6.45) is -0.541. The predicted molar refractivity (Wildman–Crippen MR) is 193 cm³/mol. The Bertz CT molecular complexity index is 1580. The van der Waals surface area contributed by atoms with E-state index in [9.17, 15) is 0 Å². The molecule has 0 aliphatic rings. The van der Waals surface area contributed by atoms with Crippen LogP contribution in [-0.2, 0) is 20.3 Å². The van der Waals surface area contributed by atoms with Crippen LogP contribution in [-0.4, -0.2) is 40.6 Å². The minimum atomic E-state index is -0.413. The van der Waals surface area contributed by atoms with Gasteiger partial charge in [0.2, 0.25) is 0 Å². The van der Waals surface area contributed by atoms with Gasteiger partial charge in [0.05, 0.1) is 26.4 Å². The van der Waals surface area contributed by atoms with Crippen LogP contribution in [0.15, 0.2) is 60.7 Å². The number of rotatable bonds is 11. The molecule has 0 aliphatic carbocycles. The van der Waals surface area contributed by atoms with E-state index in [1.807, 2.05) is 38.5 Å². The summed E-state index contributed by atoms with van der Waals surface area (Å²) in [6, 6.07) is 21.2.